The zero-order valence-electron chi connectivity index (χ0n) is 19.8. The van der Waals surface area contributed by atoms with E-state index in [0.717, 1.165) is 36.3 Å². The molecule has 2 fully saturated rings. The molecule has 1 amide bonds. The minimum atomic E-state index is -4.52. The Kier molecular flexibility index (Phi) is 6.67. The Morgan fingerprint density at radius 1 is 1.20 bits per heavy atom. The molecule has 5 rings (SSSR count). The summed E-state index contributed by atoms with van der Waals surface area (Å²) in [6.07, 6.45) is 0.377. The van der Waals surface area contributed by atoms with E-state index in [1.54, 1.807) is 16.9 Å². The third-order valence-electron chi connectivity index (χ3n) is 6.65. The van der Waals surface area contributed by atoms with Gasteiger partial charge in [-0.1, -0.05) is 0 Å². The van der Waals surface area contributed by atoms with Crippen LogP contribution in [0.3, 0.4) is 0 Å². The van der Waals surface area contributed by atoms with Crippen molar-refractivity contribution in [3.05, 3.63) is 51.0 Å². The number of carbonyl (C=O) groups excluding carboxylic acids is 1. The number of alkyl halides is 5. The van der Waals surface area contributed by atoms with Crippen LogP contribution in [0.15, 0.2) is 30.5 Å². The normalized spacial score (nSPS) is 21.2. The van der Waals surface area contributed by atoms with Crippen molar-refractivity contribution in [1.29, 1.82) is 0 Å². The Hall–Kier alpha value is -2.37. The van der Waals surface area contributed by atoms with E-state index in [1.165, 1.54) is 12.4 Å². The molecule has 1 unspecified atom stereocenters. The van der Waals surface area contributed by atoms with Crippen LogP contribution in [0.2, 0.25) is 0 Å². The molecule has 1 saturated carbocycles. The van der Waals surface area contributed by atoms with E-state index in [2.05, 4.69) is 26.8 Å². The Labute approximate surface area is 209 Å². The van der Waals surface area contributed by atoms with E-state index >= 15 is 0 Å². The topological polar surface area (TPSA) is 71.8 Å². The molecule has 10 heteroatoms. The third kappa shape index (κ3) is 5.26. The van der Waals surface area contributed by atoms with Crippen molar-refractivity contribution in [2.24, 2.45) is 0 Å². The number of anilines is 1. The maximum absolute atomic E-state index is 13.6. The summed E-state index contributed by atoms with van der Waals surface area (Å²) in [5.41, 5.74) is 1.36. The Bertz CT molecular complexity index is 1250. The second-order valence-corrected chi connectivity index (χ2v) is 15.2. The van der Waals surface area contributed by atoms with Gasteiger partial charge in [0, 0.05) is 6.54 Å². The summed E-state index contributed by atoms with van der Waals surface area (Å²) in [4.78, 5) is 16.9. The number of fused-ring (bicyclic) bond motifs is 1. The van der Waals surface area contributed by atoms with Crippen LogP contribution in [0.1, 0.15) is 54.4 Å². The van der Waals surface area contributed by atoms with Gasteiger partial charge in [0.05, 0.1) is 6.20 Å². The molecular weight excluding hydrogens is 570 g/mol. The van der Waals surface area contributed by atoms with Crippen LogP contribution >= 0.6 is 19.8 Å². The number of amides is 1. The molecular formula is C25H29F3IN5O. The van der Waals surface area contributed by atoms with Crippen LogP contribution in [0, 0.1) is 10.5 Å². The number of aromatic nitrogens is 3. The molecule has 1 saturated heterocycles. The first-order valence-corrected chi connectivity index (χ1v) is 16.1. The molecule has 3 heterocycles. The first-order valence-electron chi connectivity index (χ1n) is 12.0. The first-order chi connectivity index (χ1) is 16.7. The molecule has 0 bridgehead atoms. The first kappa shape index (κ1) is 24.3. The molecule has 6 nitrogen and oxygen atoms in total. The summed E-state index contributed by atoms with van der Waals surface area (Å²) in [7, 11) is 0. The number of nitrogens with zero attached hydrogens (tertiary/aromatic N) is 3. The SMILES string of the molecule is CCn1ncc(C)c1C(=O)NC1CCC[C@H](Nc2cc(C(F)(F)F)nc3ccc(I4CC4)cc23)C1. The van der Waals surface area contributed by atoms with Gasteiger partial charge in [0.1, 0.15) is 0 Å². The second kappa shape index (κ2) is 9.59. The molecule has 2 aliphatic rings. The van der Waals surface area contributed by atoms with Crippen LogP contribution in [0.5, 0.6) is 0 Å². The molecule has 2 N–H and O–H groups in total. The number of carbonyl (C=O) groups is 1. The standard InChI is InChI=1S/C25H29F3IN5O/c1-3-34-23(15(2)14-30-34)24(35)32-18-6-4-5-17(12-18)31-21-13-22(25(26,27)28)33-20-8-7-16(11-19(20)21)29-9-10-29/h7-8,11,13-14,17-18H,3-6,9-10,12H2,1-2H3,(H,31,33)(H,32,35)/t17-,18?/m0/s1. The van der Waals surface area contributed by atoms with E-state index in [0.29, 0.717) is 29.9 Å². The van der Waals surface area contributed by atoms with Crippen LogP contribution in [0.4, 0.5) is 18.9 Å². The number of aryl methyl sites for hydroxylation is 2. The number of nitrogens with one attached hydrogen (secondary N) is 2. The Morgan fingerprint density at radius 3 is 2.69 bits per heavy atom. The molecule has 35 heavy (non-hydrogen) atoms. The quantitative estimate of drug-likeness (QED) is 0.285. The van der Waals surface area contributed by atoms with Gasteiger partial charge in [-0.2, -0.15) is 5.10 Å². The van der Waals surface area contributed by atoms with Crippen molar-refractivity contribution in [2.75, 3.05) is 14.2 Å². The van der Waals surface area contributed by atoms with Gasteiger partial charge in [-0.25, -0.2) is 0 Å². The van der Waals surface area contributed by atoms with E-state index in [9.17, 15) is 18.0 Å². The van der Waals surface area contributed by atoms with Crippen LogP contribution in [-0.2, 0) is 12.7 Å². The van der Waals surface area contributed by atoms with Crippen LogP contribution < -0.4 is 10.6 Å². The van der Waals surface area contributed by atoms with Crippen LogP contribution in [0.25, 0.3) is 10.9 Å². The van der Waals surface area contributed by atoms with E-state index in [-0.39, 0.29) is 18.0 Å². The summed E-state index contributed by atoms with van der Waals surface area (Å²) in [5, 5.41) is 11.5. The summed E-state index contributed by atoms with van der Waals surface area (Å²) in [5.74, 6) is -0.152. The fourth-order valence-corrected chi connectivity index (χ4v) is 9.08. The van der Waals surface area contributed by atoms with Crippen LogP contribution in [-0.4, -0.2) is 41.6 Å². The fourth-order valence-electron chi connectivity index (χ4n) is 4.82. The van der Waals surface area contributed by atoms with E-state index in [1.807, 2.05) is 19.9 Å². The van der Waals surface area contributed by atoms with Gasteiger partial charge in [0.25, 0.3) is 0 Å². The molecule has 3 aromatic rings. The monoisotopic (exact) mass is 599 g/mol. The molecule has 1 aliphatic heterocycles. The van der Waals surface area contributed by atoms with Gasteiger partial charge in [0.15, 0.2) is 0 Å². The number of hydrogen-bond donors (Lipinski definition) is 2. The molecule has 2 atom stereocenters. The molecule has 1 aromatic carbocycles. The average molecular weight is 599 g/mol. The average Bonchev–Trinajstić information content (AvgIpc) is 3.60. The van der Waals surface area contributed by atoms with Crippen molar-refractivity contribution in [3.63, 3.8) is 0 Å². The second-order valence-electron chi connectivity index (χ2n) is 9.22. The minimum absolute atomic E-state index is 0.0405. The Morgan fingerprint density at radius 2 is 1.97 bits per heavy atom. The third-order valence-corrected chi connectivity index (χ3v) is 11.2. The number of rotatable bonds is 6. The molecule has 188 valence electrons. The van der Waals surface area contributed by atoms with Gasteiger partial charge in [-0.05, 0) is 13.8 Å². The summed E-state index contributed by atoms with van der Waals surface area (Å²) >= 11 is -1.07. The van der Waals surface area contributed by atoms with Crippen molar-refractivity contribution in [1.82, 2.24) is 20.1 Å². The predicted octanol–water partition coefficient (Wildman–Crippen LogP) is 5.62. The number of benzene rings is 1. The predicted molar refractivity (Wildman–Crippen MR) is 139 cm³/mol. The summed E-state index contributed by atoms with van der Waals surface area (Å²) < 4.78 is 46.3. The zero-order valence-corrected chi connectivity index (χ0v) is 21.9. The van der Waals surface area contributed by atoms with E-state index < -0.39 is 31.7 Å². The fraction of sp³-hybridized carbons (Fsp3) is 0.480. The van der Waals surface area contributed by atoms with Gasteiger partial charge in [-0.3, -0.25) is 0 Å². The van der Waals surface area contributed by atoms with Gasteiger partial charge < -0.3 is 0 Å². The van der Waals surface area contributed by atoms with E-state index in [4.69, 9.17) is 0 Å². The number of hydrogen-bond acceptors (Lipinski definition) is 4. The van der Waals surface area contributed by atoms with Gasteiger partial charge in [-0.15, -0.1) is 0 Å². The molecule has 2 aromatic heterocycles. The van der Waals surface area contributed by atoms with Crippen molar-refractivity contribution >= 4 is 42.3 Å². The van der Waals surface area contributed by atoms with Crippen molar-refractivity contribution in [3.8, 4) is 0 Å². The summed E-state index contributed by atoms with van der Waals surface area (Å²) in [6.45, 7) is 4.41. The van der Waals surface area contributed by atoms with Crippen molar-refractivity contribution in [2.45, 2.75) is 64.3 Å². The summed E-state index contributed by atoms with van der Waals surface area (Å²) in [6, 6.07) is 6.81. The van der Waals surface area contributed by atoms with Gasteiger partial charge >= 0.3 is 178 Å². The van der Waals surface area contributed by atoms with Crippen molar-refractivity contribution < 1.29 is 18.0 Å². The zero-order chi connectivity index (χ0) is 24.7. The van der Waals surface area contributed by atoms with Gasteiger partial charge in [0.2, 0.25) is 0 Å². The maximum atomic E-state index is 13.6. The number of halogens is 4. The molecule has 0 spiro atoms. The Balaban J connectivity index is 1.37. The molecule has 1 aliphatic carbocycles. The molecule has 0 radical (unpaired) electrons. The number of pyridine rings is 1.